The van der Waals surface area contributed by atoms with Crippen molar-refractivity contribution in [3.63, 3.8) is 0 Å². The van der Waals surface area contributed by atoms with Gasteiger partial charge in [-0.2, -0.15) is 0 Å². The molecule has 0 spiro atoms. The number of nitro groups is 1. The van der Waals surface area contributed by atoms with E-state index in [0.29, 0.717) is 5.56 Å². The molecule has 1 aromatic heterocycles. The van der Waals surface area contributed by atoms with Gasteiger partial charge in [-0.1, -0.05) is 0 Å². The molecule has 0 bridgehead atoms. The molecule has 140 valence electrons. The molecule has 0 fully saturated rings. The summed E-state index contributed by atoms with van der Waals surface area (Å²) < 4.78 is 27.1. The molecule has 1 aromatic carbocycles. The largest absolute Gasteiger partial charge is 0.387 e. The predicted molar refractivity (Wildman–Crippen MR) is 92.0 cm³/mol. The van der Waals surface area contributed by atoms with E-state index in [1.54, 1.807) is 0 Å². The van der Waals surface area contributed by atoms with Crippen LogP contribution in [0.4, 0.5) is 5.69 Å². The Hall–Kier alpha value is -2.76. The van der Waals surface area contributed by atoms with Crippen LogP contribution >= 0.6 is 0 Å². The number of aliphatic hydroxyl groups is 1. The van der Waals surface area contributed by atoms with Crippen LogP contribution in [0.15, 0.2) is 41.4 Å². The number of hydrogen-bond acceptors (Lipinski definition) is 6. The number of hydrogen-bond donors (Lipinski definition) is 3. The number of amides is 1. The smallest absolute Gasteiger partial charge is 0.269 e. The van der Waals surface area contributed by atoms with Crippen LogP contribution in [0.2, 0.25) is 0 Å². The second kappa shape index (κ2) is 7.64. The number of sulfonamides is 1. The maximum absolute atomic E-state index is 12.2. The van der Waals surface area contributed by atoms with Crippen LogP contribution in [0.25, 0.3) is 0 Å². The number of carbonyl (C=O) groups is 1. The molecule has 3 N–H and O–H groups in total. The lowest BCUT2D eigenvalue weighted by molar-refractivity contribution is -0.384. The molecule has 1 atom stereocenters. The quantitative estimate of drug-likeness (QED) is 0.464. The fourth-order valence-electron chi connectivity index (χ4n) is 2.24. The van der Waals surface area contributed by atoms with Crippen molar-refractivity contribution in [2.45, 2.75) is 11.0 Å². The topological polar surface area (TPSA) is 144 Å². The van der Waals surface area contributed by atoms with Crippen LogP contribution in [0.3, 0.4) is 0 Å². The molecule has 0 unspecified atom stereocenters. The van der Waals surface area contributed by atoms with Crippen molar-refractivity contribution in [3.05, 3.63) is 57.9 Å². The highest BCUT2D eigenvalue weighted by molar-refractivity contribution is 7.89. The van der Waals surface area contributed by atoms with Crippen LogP contribution in [0.1, 0.15) is 22.2 Å². The van der Waals surface area contributed by atoms with E-state index >= 15 is 0 Å². The van der Waals surface area contributed by atoms with Crippen molar-refractivity contribution in [3.8, 4) is 0 Å². The zero-order chi connectivity index (χ0) is 19.5. The summed E-state index contributed by atoms with van der Waals surface area (Å²) in [7, 11) is -0.883. The summed E-state index contributed by atoms with van der Waals surface area (Å²) >= 11 is 0. The molecule has 0 aliphatic rings. The number of aryl methyl sites for hydroxylation is 1. The Bertz CT molecular complexity index is 920. The third-order valence-electron chi connectivity index (χ3n) is 3.74. The van der Waals surface area contributed by atoms with Gasteiger partial charge in [0.25, 0.3) is 11.6 Å². The minimum Gasteiger partial charge on any atom is -0.387 e. The number of rotatable bonds is 7. The van der Waals surface area contributed by atoms with Gasteiger partial charge in [0, 0.05) is 31.9 Å². The maximum Gasteiger partial charge on any atom is 0.269 e. The first-order chi connectivity index (χ1) is 12.2. The predicted octanol–water partition coefficient (Wildman–Crippen LogP) is 0.305. The van der Waals surface area contributed by atoms with Gasteiger partial charge in [-0.15, -0.1) is 0 Å². The van der Waals surface area contributed by atoms with Gasteiger partial charge in [-0.25, -0.2) is 13.1 Å². The first-order valence-corrected chi connectivity index (χ1v) is 8.94. The van der Waals surface area contributed by atoms with Crippen molar-refractivity contribution in [2.24, 2.45) is 7.05 Å². The second-order valence-electron chi connectivity index (χ2n) is 5.45. The summed E-state index contributed by atoms with van der Waals surface area (Å²) in [5.41, 5.74) is 0.406. The van der Waals surface area contributed by atoms with E-state index in [0.717, 1.165) is 0 Å². The van der Waals surface area contributed by atoms with Crippen LogP contribution in [0.5, 0.6) is 0 Å². The van der Waals surface area contributed by atoms with Crippen molar-refractivity contribution >= 4 is 21.6 Å². The van der Waals surface area contributed by atoms with Gasteiger partial charge in [0.15, 0.2) is 0 Å². The van der Waals surface area contributed by atoms with Crippen molar-refractivity contribution < 1.29 is 23.2 Å². The molecular weight excluding hydrogens is 364 g/mol. The van der Waals surface area contributed by atoms with E-state index in [1.807, 2.05) is 0 Å². The van der Waals surface area contributed by atoms with E-state index in [2.05, 4.69) is 10.0 Å². The van der Waals surface area contributed by atoms with Crippen LogP contribution in [0, 0.1) is 10.1 Å². The Morgan fingerprint density at radius 3 is 2.50 bits per heavy atom. The molecule has 1 heterocycles. The SMILES string of the molecule is CNS(=O)(=O)c1cc(C(=O)NC[C@H](O)c2ccc([N+](=O)[O-])cc2)n(C)c1. The fraction of sp³-hybridized carbons (Fsp3) is 0.267. The highest BCUT2D eigenvalue weighted by Gasteiger charge is 2.20. The summed E-state index contributed by atoms with van der Waals surface area (Å²) in [5, 5.41) is 23.2. The molecule has 0 saturated heterocycles. The Kier molecular flexibility index (Phi) is 5.75. The van der Waals surface area contributed by atoms with Gasteiger partial charge in [0.1, 0.15) is 10.6 Å². The molecule has 2 aromatic rings. The zero-order valence-electron chi connectivity index (χ0n) is 14.0. The zero-order valence-corrected chi connectivity index (χ0v) is 14.9. The highest BCUT2D eigenvalue weighted by atomic mass is 32.2. The molecule has 0 aliphatic carbocycles. The third kappa shape index (κ3) is 4.25. The van der Waals surface area contributed by atoms with Gasteiger partial charge < -0.3 is 15.0 Å². The molecule has 26 heavy (non-hydrogen) atoms. The number of nitro benzene ring substituents is 1. The highest BCUT2D eigenvalue weighted by Crippen LogP contribution is 2.18. The number of aliphatic hydroxyl groups excluding tert-OH is 1. The summed E-state index contributed by atoms with van der Waals surface area (Å²) in [4.78, 5) is 22.2. The summed E-state index contributed by atoms with van der Waals surface area (Å²) in [6.07, 6.45) is 0.230. The number of nitrogens with one attached hydrogen (secondary N) is 2. The van der Waals surface area contributed by atoms with Gasteiger partial charge in [-0.3, -0.25) is 14.9 Å². The van der Waals surface area contributed by atoms with Gasteiger partial charge >= 0.3 is 0 Å². The monoisotopic (exact) mass is 382 g/mol. The van der Waals surface area contributed by atoms with Crippen molar-refractivity contribution in [1.82, 2.24) is 14.6 Å². The molecule has 10 nitrogen and oxygen atoms in total. The van der Waals surface area contributed by atoms with Gasteiger partial charge in [-0.05, 0) is 30.8 Å². The van der Waals surface area contributed by atoms with E-state index in [9.17, 15) is 28.4 Å². The second-order valence-corrected chi connectivity index (χ2v) is 7.34. The molecule has 0 aliphatic heterocycles. The van der Waals surface area contributed by atoms with Crippen LogP contribution in [-0.2, 0) is 17.1 Å². The molecular formula is C15H18N4O6S. The Balaban J connectivity index is 2.05. The maximum atomic E-state index is 12.2. The Labute approximate surface area is 149 Å². The van der Waals surface area contributed by atoms with Gasteiger partial charge in [0.05, 0.1) is 11.0 Å². The molecule has 11 heteroatoms. The number of aromatic nitrogens is 1. The molecule has 0 saturated carbocycles. The lowest BCUT2D eigenvalue weighted by Gasteiger charge is -2.12. The molecule has 2 rings (SSSR count). The third-order valence-corrected chi connectivity index (χ3v) is 5.12. The fourth-order valence-corrected chi connectivity index (χ4v) is 3.04. The van der Waals surface area contributed by atoms with E-state index in [4.69, 9.17) is 0 Å². The average Bonchev–Trinajstić information content (AvgIpc) is 3.02. The minimum atomic E-state index is -3.67. The summed E-state index contributed by atoms with van der Waals surface area (Å²) in [6, 6.07) is 6.53. The normalized spacial score (nSPS) is 12.6. The summed E-state index contributed by atoms with van der Waals surface area (Å²) in [6.45, 7) is -0.143. The standard InChI is InChI=1S/C15H18N4O6S/c1-16-26(24,25)12-7-13(18(2)9-12)15(21)17-8-14(20)10-3-5-11(6-4-10)19(22)23/h3-7,9,14,16,20H,8H2,1-2H3,(H,17,21)/t14-/m0/s1. The lowest BCUT2D eigenvalue weighted by atomic mass is 10.1. The van der Waals surface area contributed by atoms with E-state index < -0.39 is 27.0 Å². The van der Waals surface area contributed by atoms with Crippen LogP contribution in [-0.4, -0.2) is 42.5 Å². The van der Waals surface area contributed by atoms with Crippen molar-refractivity contribution in [1.29, 1.82) is 0 Å². The first kappa shape index (κ1) is 19.6. The lowest BCUT2D eigenvalue weighted by Crippen LogP contribution is -2.29. The molecule has 0 radical (unpaired) electrons. The van der Waals surface area contributed by atoms with Gasteiger partial charge in [0.2, 0.25) is 10.0 Å². The first-order valence-electron chi connectivity index (χ1n) is 7.46. The number of non-ortho nitro benzene ring substituents is 1. The Morgan fingerprint density at radius 2 is 1.96 bits per heavy atom. The van der Waals surface area contributed by atoms with Crippen LogP contribution < -0.4 is 10.0 Å². The summed E-state index contributed by atoms with van der Waals surface area (Å²) in [5.74, 6) is -0.564. The average molecular weight is 382 g/mol. The van der Waals surface area contributed by atoms with E-state index in [-0.39, 0.29) is 22.8 Å². The van der Waals surface area contributed by atoms with Crippen molar-refractivity contribution in [2.75, 3.05) is 13.6 Å². The molecule has 1 amide bonds. The number of benzene rings is 1. The minimum absolute atomic E-state index is 0.0523. The number of carbonyl (C=O) groups excluding carboxylic acids is 1. The number of nitrogens with zero attached hydrogens (tertiary/aromatic N) is 2. The Morgan fingerprint density at radius 1 is 1.35 bits per heavy atom. The van der Waals surface area contributed by atoms with E-state index in [1.165, 1.54) is 55.2 Å².